The van der Waals surface area contributed by atoms with Crippen molar-refractivity contribution in [3.8, 4) is 28.7 Å². The highest BCUT2D eigenvalue weighted by Crippen LogP contribution is 2.56. The molecule has 0 amide bonds. The Labute approximate surface area is 820 Å². The van der Waals surface area contributed by atoms with E-state index in [1.54, 1.807) is 19.2 Å². The summed E-state index contributed by atoms with van der Waals surface area (Å²) in [7, 11) is 0. The molecule has 0 aliphatic heterocycles. The van der Waals surface area contributed by atoms with E-state index in [0.29, 0.717) is 88.4 Å². The molecule has 12 aliphatic rings. The van der Waals surface area contributed by atoms with Crippen LogP contribution in [0, 0.1) is 71.0 Å². The summed E-state index contributed by atoms with van der Waals surface area (Å²) in [6.45, 7) is 8.73. The van der Waals surface area contributed by atoms with Crippen LogP contribution in [0.3, 0.4) is 0 Å². The number of hydrogen-bond acceptors (Lipinski definition) is 14. The second-order valence-electron chi connectivity index (χ2n) is 40.8. The monoisotopic (exact) mass is 1850 g/mol. The molecule has 14 aromatic rings. The molecule has 6 saturated carbocycles. The van der Waals surface area contributed by atoms with Gasteiger partial charge in [0, 0.05) is 93.4 Å². The van der Waals surface area contributed by atoms with Crippen molar-refractivity contribution in [2.24, 2.45) is 71.0 Å². The third kappa shape index (κ3) is 20.9. The van der Waals surface area contributed by atoms with Gasteiger partial charge in [-0.25, -0.2) is 0 Å². The van der Waals surface area contributed by atoms with E-state index in [0.717, 1.165) is 103 Å². The van der Waals surface area contributed by atoms with Gasteiger partial charge in [0.1, 0.15) is 34.5 Å². The second kappa shape index (κ2) is 40.7. The van der Waals surface area contributed by atoms with Crippen molar-refractivity contribution in [1.82, 2.24) is 9.97 Å². The SMILES string of the molecule is C.CC(=O)Cc1ccc2c(ccc3cc(C4CC5C=CC4C5)ccc32)c1.CC(=O)Oc1ccc(C2CC3C=CC2C3)nc1.CC(=O)Oc1ccc2cc(C3CC4C=CC3C4)ccc2c1.CC(=O)Oc1ccc2cc(C3CC4C=CC3C4)cnc2c1.CC(=O)Oc1ccc2cc3ccc(C4CC5C=CC4C5)cc3cc2c1.CC(=O)Oc1cccc(N(c2ccccc2)c2ccc(C3CC4C=CC3C4)cc2)c1. The lowest BCUT2D eigenvalue weighted by Crippen LogP contribution is -2.11. The number of carbonyl (C=O) groups excluding carboxylic acids is 6. The van der Waals surface area contributed by atoms with Crippen LogP contribution >= 0.6 is 0 Å². The highest BCUT2D eigenvalue weighted by atomic mass is 16.5. The van der Waals surface area contributed by atoms with Crippen molar-refractivity contribution in [2.45, 2.75) is 168 Å². The van der Waals surface area contributed by atoms with Gasteiger partial charge in [-0.05, 0) is 375 Å². The Morgan fingerprint density at radius 1 is 0.264 bits per heavy atom. The topological polar surface area (TPSA) is 178 Å². The number of pyridine rings is 2. The van der Waals surface area contributed by atoms with Gasteiger partial charge in [0.05, 0.1) is 11.7 Å². The molecule has 140 heavy (non-hydrogen) atoms. The number of Topliss-reactive ketones (excluding diaryl/α,β-unsaturated/α-hetero) is 1. The maximum atomic E-state index is 11.4. The predicted molar refractivity (Wildman–Crippen MR) is 560 cm³/mol. The van der Waals surface area contributed by atoms with Gasteiger partial charge in [0.2, 0.25) is 0 Å². The molecule has 18 atom stereocenters. The number of hydrogen-bond donors (Lipinski definition) is 0. The van der Waals surface area contributed by atoms with E-state index in [1.807, 2.05) is 109 Å². The minimum absolute atomic E-state index is 0. The molecule has 14 nitrogen and oxygen atoms in total. The van der Waals surface area contributed by atoms with E-state index in [2.05, 4.69) is 227 Å². The Kier molecular flexibility index (Phi) is 27.1. The molecule has 0 radical (unpaired) electrons. The van der Waals surface area contributed by atoms with Crippen molar-refractivity contribution < 1.29 is 52.5 Å². The number of para-hydroxylation sites is 1. The maximum absolute atomic E-state index is 11.4. The minimum Gasteiger partial charge on any atom is -0.427 e. The molecule has 12 aliphatic carbocycles. The van der Waals surface area contributed by atoms with Crippen LogP contribution in [-0.4, -0.2) is 45.6 Å². The molecule has 0 saturated heterocycles. The number of esters is 5. The van der Waals surface area contributed by atoms with E-state index >= 15 is 0 Å². The molecule has 12 bridgehead atoms. The van der Waals surface area contributed by atoms with Gasteiger partial charge in [-0.2, -0.15) is 0 Å². The largest absolute Gasteiger partial charge is 0.427 e. The Bertz CT molecular complexity index is 7160. The Morgan fingerprint density at radius 3 is 1.10 bits per heavy atom. The number of aromatic nitrogens is 2. The summed E-state index contributed by atoms with van der Waals surface area (Å²) < 4.78 is 25.8. The lowest BCUT2D eigenvalue weighted by molar-refractivity contribution is -0.132. The highest BCUT2D eigenvalue weighted by molar-refractivity contribution is 6.08. The number of nitrogens with zero attached hydrogens (tertiary/aromatic N) is 3. The number of fused-ring (bicyclic) bond motifs is 19. The van der Waals surface area contributed by atoms with Gasteiger partial charge >= 0.3 is 29.8 Å². The summed E-state index contributed by atoms with van der Waals surface area (Å²) in [5.74, 6) is 14.4. The van der Waals surface area contributed by atoms with Crippen molar-refractivity contribution in [3.63, 3.8) is 0 Å². The predicted octanol–water partition coefficient (Wildman–Crippen LogP) is 29.8. The number of ketones is 1. The fraction of sp³-hybridized carbons (Fsp3) is 0.302. The first-order valence-electron chi connectivity index (χ1n) is 50.0. The highest BCUT2D eigenvalue weighted by Gasteiger charge is 2.42. The summed E-state index contributed by atoms with van der Waals surface area (Å²) in [6, 6.07) is 86.2. The van der Waals surface area contributed by atoms with Gasteiger partial charge in [0.15, 0.2) is 0 Å². The van der Waals surface area contributed by atoms with Gasteiger partial charge < -0.3 is 28.6 Å². The third-order valence-electron chi connectivity index (χ3n) is 31.2. The summed E-state index contributed by atoms with van der Waals surface area (Å²) in [4.78, 5) is 78.0. The second-order valence-corrected chi connectivity index (χ2v) is 40.8. The Morgan fingerprint density at radius 2 is 0.621 bits per heavy atom. The lowest BCUT2D eigenvalue weighted by Gasteiger charge is -2.26. The molecule has 14 heteroatoms. The van der Waals surface area contributed by atoms with Gasteiger partial charge in [0.25, 0.3) is 0 Å². The zero-order chi connectivity index (χ0) is 95.1. The molecule has 2 heterocycles. The number of allylic oxidation sites excluding steroid dienone is 12. The van der Waals surface area contributed by atoms with Crippen LogP contribution in [0.15, 0.2) is 334 Å². The summed E-state index contributed by atoms with van der Waals surface area (Å²) in [5, 5.41) is 13.4. The first-order valence-corrected chi connectivity index (χ1v) is 50.0. The molecule has 6 fully saturated rings. The zero-order valence-electron chi connectivity index (χ0n) is 79.7. The Balaban J connectivity index is 0.000000104. The Hall–Kier alpha value is -14.2. The average molecular weight is 1850 g/mol. The molecule has 0 N–H and O–H groups in total. The van der Waals surface area contributed by atoms with E-state index in [4.69, 9.17) is 23.7 Å². The molecule has 12 aromatic carbocycles. The molecular formula is C126H121N3O11. The molecular weight excluding hydrogens is 1730 g/mol. The van der Waals surface area contributed by atoms with Crippen molar-refractivity contribution in [3.05, 3.63) is 373 Å². The van der Waals surface area contributed by atoms with Crippen LogP contribution in [0.1, 0.15) is 201 Å². The van der Waals surface area contributed by atoms with Gasteiger partial charge in [-0.1, -0.05) is 214 Å². The van der Waals surface area contributed by atoms with Gasteiger partial charge in [-0.15, -0.1) is 0 Å². The van der Waals surface area contributed by atoms with E-state index in [9.17, 15) is 28.8 Å². The van der Waals surface area contributed by atoms with Crippen molar-refractivity contribution in [2.75, 3.05) is 4.90 Å². The third-order valence-corrected chi connectivity index (χ3v) is 31.2. The van der Waals surface area contributed by atoms with Crippen LogP contribution in [0.4, 0.5) is 17.1 Å². The van der Waals surface area contributed by atoms with Crippen LogP contribution < -0.4 is 28.6 Å². The zero-order valence-corrected chi connectivity index (χ0v) is 79.7. The number of anilines is 3. The van der Waals surface area contributed by atoms with Crippen LogP contribution in [0.5, 0.6) is 28.7 Å². The molecule has 26 rings (SSSR count). The normalized spacial score (nSPS) is 24.8. The smallest absolute Gasteiger partial charge is 0.308 e. The van der Waals surface area contributed by atoms with E-state index in [-0.39, 0.29) is 43.1 Å². The quantitative estimate of drug-likeness (QED) is 0.0293. The van der Waals surface area contributed by atoms with Gasteiger partial charge in [-0.3, -0.25) is 38.7 Å². The summed E-state index contributed by atoms with van der Waals surface area (Å²) in [6.07, 6.45) is 48.3. The summed E-state index contributed by atoms with van der Waals surface area (Å²) in [5.41, 5.74) is 13.4. The average Bonchev–Trinajstić information content (AvgIpc) is 1.04. The van der Waals surface area contributed by atoms with Crippen LogP contribution in [0.25, 0.3) is 64.8 Å². The van der Waals surface area contributed by atoms with Crippen molar-refractivity contribution in [1.29, 1.82) is 0 Å². The molecule has 0 spiro atoms. The van der Waals surface area contributed by atoms with Crippen LogP contribution in [0.2, 0.25) is 0 Å². The molecule has 18 unspecified atom stereocenters. The number of ether oxygens (including phenoxy) is 5. The minimum atomic E-state index is -0.317. The summed E-state index contributed by atoms with van der Waals surface area (Å²) >= 11 is 0. The first-order chi connectivity index (χ1) is 67.6. The first kappa shape index (κ1) is 93.4. The van der Waals surface area contributed by atoms with E-state index in [1.165, 1.54) is 183 Å². The number of benzene rings is 12. The number of carbonyl (C=O) groups is 6. The van der Waals surface area contributed by atoms with E-state index < -0.39 is 0 Å². The maximum Gasteiger partial charge on any atom is 0.308 e. The fourth-order valence-corrected chi connectivity index (χ4v) is 25.0. The molecule has 706 valence electrons. The van der Waals surface area contributed by atoms with Crippen molar-refractivity contribution >= 4 is 117 Å². The number of rotatable bonds is 16. The fourth-order valence-electron chi connectivity index (χ4n) is 25.0. The standard InChI is InChI=1S/C27H25NO2.C24H22O.C23H20O2.C19H18O2.C18H17NO2.C14H15NO2.CH4/c1-19(29)30-26-9-5-8-25(18-26)28(23-6-3-2-4-7-23)24-14-12-21(13-15-24)27-17-20-10-11-22(27)16-20;1-15(25)10-16-3-8-22-18(11-16)5-6-20-14-21(7-9-23(20)22)24-13-17-2-4-19(24)12-17;1-14(24)25-22-7-6-17-10-16-4-5-19(11-20(16)12-21(17)13-22)23-9-15-2-3-18(23)8-15;1-12(20)21-18-7-6-14-10-17(5-4-15(14)11-18)19-9-13-2-3-16(19)8-13;1-11(20)21-16-5-4-14-8-15(10-19-18(14)9-16)17-7-12-2-3-13(17)6-12;1-9(16)17-12-4-5-14(15-8-12)13-7-10-2-3-11(13)6-10;/h2-15,18,20,22,27H,16-17H2,1H3;2-9,11,14,17,19,24H,10,12-13H2,1H3;2-7,10-13,15,18,23H,8-9H2,1H3;2-7,10-11,13,16,19H,8-9H2,1H3;2-5,8-10,12-13,17H,6-7H2,1H3;2-5,8,10-11,13H,6-7H2,1H3;1H4. The lowest BCUT2D eigenvalue weighted by atomic mass is 9.85. The van der Waals surface area contributed by atoms with Crippen LogP contribution in [-0.2, 0) is 35.2 Å². The molecule has 2 aromatic heterocycles.